The molecule has 0 spiro atoms. The summed E-state index contributed by atoms with van der Waals surface area (Å²) in [4.78, 5) is 9.14. The van der Waals surface area contributed by atoms with Gasteiger partial charge in [0.05, 0.1) is 0 Å². The van der Waals surface area contributed by atoms with Gasteiger partial charge in [-0.1, -0.05) is 0 Å². The van der Waals surface area contributed by atoms with E-state index in [0.717, 1.165) is 37.4 Å². The first-order valence-corrected chi connectivity index (χ1v) is 6.56. The predicted molar refractivity (Wildman–Crippen MR) is 71.8 cm³/mol. The smallest absolute Gasteiger partial charge is 0.0472 e. The van der Waals surface area contributed by atoms with Crippen LogP contribution in [0.3, 0.4) is 0 Å². The molecule has 0 N–H and O–H groups in total. The van der Waals surface area contributed by atoms with Crippen molar-refractivity contribution in [1.29, 1.82) is 0 Å². The molecule has 0 amide bonds. The number of pyridine rings is 2. The van der Waals surface area contributed by atoms with E-state index in [1.165, 1.54) is 16.5 Å². The zero-order valence-corrected chi connectivity index (χ0v) is 10.9. The molecule has 0 radical (unpaired) electrons. The Labute approximate surface area is 107 Å². The minimum Gasteiger partial charge on any atom is -0.381 e. The number of rotatable bonds is 1. The lowest BCUT2D eigenvalue weighted by atomic mass is 9.94. The summed E-state index contributed by atoms with van der Waals surface area (Å²) in [5.41, 5.74) is 3.38. The van der Waals surface area contributed by atoms with Crippen molar-refractivity contribution in [3.8, 4) is 0 Å². The molecule has 0 aliphatic carbocycles. The van der Waals surface area contributed by atoms with Gasteiger partial charge < -0.3 is 4.74 Å². The highest BCUT2D eigenvalue weighted by Gasteiger charge is 2.18. The summed E-state index contributed by atoms with van der Waals surface area (Å²) in [5, 5.41) is 2.46. The highest BCUT2D eigenvalue weighted by molar-refractivity contribution is 5.86. The SMILES string of the molecule is Cc1nccc2cc(C3CCOCC3)nc(C)c12. The molecule has 2 aromatic heterocycles. The molecule has 1 saturated heterocycles. The Hall–Kier alpha value is -1.48. The molecule has 3 nitrogen and oxygen atoms in total. The molecule has 1 aliphatic rings. The fraction of sp³-hybridized carbons (Fsp3) is 0.467. The molecule has 2 aromatic rings. The van der Waals surface area contributed by atoms with Crippen molar-refractivity contribution in [3.05, 3.63) is 35.4 Å². The van der Waals surface area contributed by atoms with Gasteiger partial charge in [-0.3, -0.25) is 9.97 Å². The van der Waals surface area contributed by atoms with E-state index in [4.69, 9.17) is 9.72 Å². The number of hydrogen-bond acceptors (Lipinski definition) is 3. The first kappa shape index (κ1) is 11.6. The zero-order valence-electron chi connectivity index (χ0n) is 10.9. The molecular formula is C15H18N2O. The van der Waals surface area contributed by atoms with Crippen LogP contribution in [0.2, 0.25) is 0 Å². The number of ether oxygens (including phenoxy) is 1. The number of hydrogen-bond donors (Lipinski definition) is 0. The maximum atomic E-state index is 5.42. The van der Waals surface area contributed by atoms with Crippen molar-refractivity contribution in [3.63, 3.8) is 0 Å². The Bertz CT molecular complexity index is 574. The summed E-state index contributed by atoms with van der Waals surface area (Å²) < 4.78 is 5.42. The maximum Gasteiger partial charge on any atom is 0.0472 e. The largest absolute Gasteiger partial charge is 0.381 e. The summed E-state index contributed by atoms with van der Waals surface area (Å²) in [5.74, 6) is 0.551. The van der Waals surface area contributed by atoms with Crippen molar-refractivity contribution in [1.82, 2.24) is 9.97 Å². The van der Waals surface area contributed by atoms with E-state index in [0.29, 0.717) is 5.92 Å². The normalized spacial score (nSPS) is 17.2. The van der Waals surface area contributed by atoms with Crippen LogP contribution in [0, 0.1) is 13.8 Å². The first-order valence-electron chi connectivity index (χ1n) is 6.56. The molecule has 3 heterocycles. The second-order valence-electron chi connectivity index (χ2n) is 5.01. The monoisotopic (exact) mass is 242 g/mol. The topological polar surface area (TPSA) is 35.0 Å². The molecule has 0 saturated carbocycles. The van der Waals surface area contributed by atoms with Crippen molar-refractivity contribution < 1.29 is 4.74 Å². The number of nitrogens with zero attached hydrogens (tertiary/aromatic N) is 2. The minimum atomic E-state index is 0.551. The van der Waals surface area contributed by atoms with Gasteiger partial charge in [-0.25, -0.2) is 0 Å². The molecule has 94 valence electrons. The van der Waals surface area contributed by atoms with E-state index >= 15 is 0 Å². The molecule has 0 atom stereocenters. The highest BCUT2D eigenvalue weighted by atomic mass is 16.5. The zero-order chi connectivity index (χ0) is 12.5. The van der Waals surface area contributed by atoms with Gasteiger partial charge in [0, 0.05) is 47.8 Å². The van der Waals surface area contributed by atoms with Crippen molar-refractivity contribution in [2.24, 2.45) is 0 Å². The van der Waals surface area contributed by atoms with Crippen LogP contribution < -0.4 is 0 Å². The molecular weight excluding hydrogens is 224 g/mol. The summed E-state index contributed by atoms with van der Waals surface area (Å²) in [7, 11) is 0. The van der Waals surface area contributed by atoms with Crippen LogP contribution in [0.4, 0.5) is 0 Å². The van der Waals surface area contributed by atoms with Crippen LogP contribution in [0.1, 0.15) is 35.8 Å². The van der Waals surface area contributed by atoms with Gasteiger partial charge in [-0.15, -0.1) is 0 Å². The van der Waals surface area contributed by atoms with E-state index < -0.39 is 0 Å². The van der Waals surface area contributed by atoms with E-state index in [9.17, 15) is 0 Å². The molecule has 1 aliphatic heterocycles. The summed E-state index contributed by atoms with van der Waals surface area (Å²) in [6, 6.07) is 4.31. The lowest BCUT2D eigenvalue weighted by molar-refractivity contribution is 0.0845. The van der Waals surface area contributed by atoms with Crippen LogP contribution in [0.25, 0.3) is 10.8 Å². The number of aryl methyl sites for hydroxylation is 2. The standard InChI is InChI=1S/C15H18N2O/c1-10-15-11(2)17-14(9-13(15)3-6-16-10)12-4-7-18-8-5-12/h3,6,9,12H,4-5,7-8H2,1-2H3. The first-order chi connectivity index (χ1) is 8.75. The van der Waals surface area contributed by atoms with Gasteiger partial charge in [0.2, 0.25) is 0 Å². The van der Waals surface area contributed by atoms with Gasteiger partial charge in [0.15, 0.2) is 0 Å². The third-order valence-corrected chi connectivity index (χ3v) is 3.77. The highest BCUT2D eigenvalue weighted by Crippen LogP contribution is 2.29. The average molecular weight is 242 g/mol. The summed E-state index contributed by atoms with van der Waals surface area (Å²) in [6.07, 6.45) is 4.05. The number of fused-ring (bicyclic) bond motifs is 1. The van der Waals surface area contributed by atoms with Gasteiger partial charge in [-0.2, -0.15) is 0 Å². The van der Waals surface area contributed by atoms with E-state index in [-0.39, 0.29) is 0 Å². The van der Waals surface area contributed by atoms with Crippen LogP contribution in [-0.2, 0) is 4.74 Å². The Balaban J connectivity index is 2.09. The van der Waals surface area contributed by atoms with Gasteiger partial charge in [-0.05, 0) is 44.2 Å². The summed E-state index contributed by atoms with van der Waals surface area (Å²) in [6.45, 7) is 5.85. The van der Waals surface area contributed by atoms with Crippen LogP contribution in [-0.4, -0.2) is 23.2 Å². The Morgan fingerprint density at radius 2 is 1.94 bits per heavy atom. The predicted octanol–water partition coefficient (Wildman–Crippen LogP) is 3.14. The molecule has 3 heteroatoms. The molecule has 3 rings (SSSR count). The Kier molecular flexibility index (Phi) is 3.00. The Morgan fingerprint density at radius 1 is 1.17 bits per heavy atom. The average Bonchev–Trinajstić information content (AvgIpc) is 2.39. The fourth-order valence-electron chi connectivity index (χ4n) is 2.82. The van der Waals surface area contributed by atoms with E-state index in [1.807, 2.05) is 13.1 Å². The van der Waals surface area contributed by atoms with E-state index in [1.54, 1.807) is 0 Å². The molecule has 0 unspecified atom stereocenters. The lowest BCUT2D eigenvalue weighted by Gasteiger charge is -2.22. The van der Waals surface area contributed by atoms with Crippen LogP contribution in [0.5, 0.6) is 0 Å². The molecule has 18 heavy (non-hydrogen) atoms. The van der Waals surface area contributed by atoms with Crippen molar-refractivity contribution >= 4 is 10.8 Å². The van der Waals surface area contributed by atoms with Crippen LogP contribution >= 0.6 is 0 Å². The second-order valence-corrected chi connectivity index (χ2v) is 5.01. The lowest BCUT2D eigenvalue weighted by Crippen LogP contribution is -2.15. The molecule has 0 bridgehead atoms. The van der Waals surface area contributed by atoms with E-state index in [2.05, 4.69) is 24.0 Å². The Morgan fingerprint density at radius 3 is 2.72 bits per heavy atom. The van der Waals surface area contributed by atoms with Gasteiger partial charge in [0.25, 0.3) is 0 Å². The van der Waals surface area contributed by atoms with Crippen molar-refractivity contribution in [2.45, 2.75) is 32.6 Å². The number of aromatic nitrogens is 2. The molecule has 1 fully saturated rings. The third-order valence-electron chi connectivity index (χ3n) is 3.77. The summed E-state index contributed by atoms with van der Waals surface area (Å²) >= 11 is 0. The van der Waals surface area contributed by atoms with Crippen LogP contribution in [0.15, 0.2) is 18.3 Å². The van der Waals surface area contributed by atoms with Crippen molar-refractivity contribution in [2.75, 3.05) is 13.2 Å². The quantitative estimate of drug-likeness (QED) is 0.770. The molecule has 0 aromatic carbocycles. The fourth-order valence-corrected chi connectivity index (χ4v) is 2.82. The minimum absolute atomic E-state index is 0.551. The third kappa shape index (κ3) is 1.99. The second kappa shape index (κ2) is 4.65. The maximum absolute atomic E-state index is 5.42. The van der Waals surface area contributed by atoms with Gasteiger partial charge in [0.1, 0.15) is 0 Å². The van der Waals surface area contributed by atoms with Gasteiger partial charge >= 0.3 is 0 Å².